The van der Waals surface area contributed by atoms with Gasteiger partial charge in [0, 0.05) is 15.4 Å². The van der Waals surface area contributed by atoms with Gasteiger partial charge in [0.1, 0.15) is 5.82 Å². The predicted molar refractivity (Wildman–Crippen MR) is 81.6 cm³/mol. The SMILES string of the molecule is Cc1ccc(Br)cc1C(O)Cc1ccc(Br)cc1F. The topological polar surface area (TPSA) is 20.2 Å². The summed E-state index contributed by atoms with van der Waals surface area (Å²) >= 11 is 6.60. The molecule has 0 aliphatic carbocycles. The summed E-state index contributed by atoms with van der Waals surface area (Å²) in [6.07, 6.45) is -0.454. The summed E-state index contributed by atoms with van der Waals surface area (Å²) in [5, 5.41) is 10.3. The molecule has 2 aromatic carbocycles. The molecule has 19 heavy (non-hydrogen) atoms. The molecule has 1 nitrogen and oxygen atoms in total. The summed E-state index contributed by atoms with van der Waals surface area (Å²) in [4.78, 5) is 0. The van der Waals surface area contributed by atoms with Crippen molar-refractivity contribution >= 4 is 31.9 Å². The lowest BCUT2D eigenvalue weighted by molar-refractivity contribution is 0.176. The first-order valence-electron chi connectivity index (χ1n) is 5.85. The molecule has 0 saturated heterocycles. The van der Waals surface area contributed by atoms with Gasteiger partial charge in [-0.15, -0.1) is 0 Å². The van der Waals surface area contributed by atoms with E-state index in [-0.39, 0.29) is 12.2 Å². The fourth-order valence-electron chi connectivity index (χ4n) is 1.98. The van der Waals surface area contributed by atoms with Crippen LogP contribution >= 0.6 is 31.9 Å². The maximum Gasteiger partial charge on any atom is 0.127 e. The van der Waals surface area contributed by atoms with Crippen molar-refractivity contribution < 1.29 is 9.50 Å². The van der Waals surface area contributed by atoms with Crippen molar-refractivity contribution in [3.63, 3.8) is 0 Å². The molecule has 0 fully saturated rings. The van der Waals surface area contributed by atoms with E-state index in [1.807, 2.05) is 25.1 Å². The Kier molecular flexibility index (Phi) is 4.76. The molecule has 0 radical (unpaired) electrons. The van der Waals surface area contributed by atoms with Crippen LogP contribution in [0.2, 0.25) is 0 Å². The number of aliphatic hydroxyl groups excluding tert-OH is 1. The summed E-state index contributed by atoms with van der Waals surface area (Å²) in [5.74, 6) is -0.305. The second-order valence-electron chi connectivity index (χ2n) is 4.46. The van der Waals surface area contributed by atoms with Gasteiger partial charge in [-0.3, -0.25) is 0 Å². The quantitative estimate of drug-likeness (QED) is 0.791. The van der Waals surface area contributed by atoms with Crippen LogP contribution in [0.1, 0.15) is 22.8 Å². The summed E-state index contributed by atoms with van der Waals surface area (Å²) < 4.78 is 15.4. The average Bonchev–Trinajstić information content (AvgIpc) is 2.35. The molecular formula is C15H13Br2FO. The molecule has 0 amide bonds. The standard InChI is InChI=1S/C15H13Br2FO/c1-9-2-4-11(16)7-13(9)15(19)6-10-3-5-12(17)8-14(10)18/h2-5,7-8,15,19H,6H2,1H3. The van der Waals surface area contributed by atoms with Gasteiger partial charge in [-0.05, 0) is 47.9 Å². The van der Waals surface area contributed by atoms with E-state index < -0.39 is 6.10 Å². The zero-order chi connectivity index (χ0) is 14.0. The molecule has 1 unspecified atom stereocenters. The van der Waals surface area contributed by atoms with Crippen LogP contribution in [0.25, 0.3) is 0 Å². The normalized spacial score (nSPS) is 12.5. The van der Waals surface area contributed by atoms with Gasteiger partial charge in [-0.2, -0.15) is 0 Å². The summed E-state index contributed by atoms with van der Waals surface area (Å²) in [6, 6.07) is 10.6. The molecule has 0 saturated carbocycles. The molecule has 1 atom stereocenters. The smallest absolute Gasteiger partial charge is 0.127 e. The summed E-state index contributed by atoms with van der Waals surface area (Å²) in [7, 11) is 0. The fraction of sp³-hybridized carbons (Fsp3) is 0.200. The molecule has 0 aromatic heterocycles. The minimum absolute atomic E-state index is 0.260. The second-order valence-corrected chi connectivity index (χ2v) is 6.29. The Hall–Kier alpha value is -0.710. The second kappa shape index (κ2) is 6.16. The van der Waals surface area contributed by atoms with Gasteiger partial charge in [-0.25, -0.2) is 4.39 Å². The molecule has 0 bridgehead atoms. The molecule has 0 aliphatic heterocycles. The van der Waals surface area contributed by atoms with Gasteiger partial charge in [-0.1, -0.05) is 44.0 Å². The van der Waals surface area contributed by atoms with Crippen LogP contribution < -0.4 is 0 Å². The van der Waals surface area contributed by atoms with Crippen LogP contribution in [-0.2, 0) is 6.42 Å². The zero-order valence-corrected chi connectivity index (χ0v) is 13.5. The van der Waals surface area contributed by atoms with E-state index in [4.69, 9.17) is 0 Å². The van der Waals surface area contributed by atoms with Crippen molar-refractivity contribution in [1.82, 2.24) is 0 Å². The van der Waals surface area contributed by atoms with E-state index in [1.54, 1.807) is 12.1 Å². The molecule has 4 heteroatoms. The third kappa shape index (κ3) is 3.65. The Bertz CT molecular complexity index is 599. The summed E-state index contributed by atoms with van der Waals surface area (Å²) in [5.41, 5.74) is 2.32. The van der Waals surface area contributed by atoms with Gasteiger partial charge in [0.05, 0.1) is 6.10 Å². The molecule has 2 rings (SSSR count). The monoisotopic (exact) mass is 386 g/mol. The van der Waals surface area contributed by atoms with Crippen LogP contribution in [0.4, 0.5) is 4.39 Å². The van der Waals surface area contributed by atoms with E-state index in [9.17, 15) is 9.50 Å². The Balaban J connectivity index is 2.25. The molecule has 100 valence electrons. The van der Waals surface area contributed by atoms with E-state index in [0.717, 1.165) is 15.6 Å². The van der Waals surface area contributed by atoms with Gasteiger partial charge >= 0.3 is 0 Å². The van der Waals surface area contributed by atoms with E-state index >= 15 is 0 Å². The number of hydrogen-bond donors (Lipinski definition) is 1. The molecule has 1 N–H and O–H groups in total. The lowest BCUT2D eigenvalue weighted by atomic mass is 9.97. The third-order valence-electron chi connectivity index (χ3n) is 3.03. The minimum atomic E-state index is -0.715. The van der Waals surface area contributed by atoms with E-state index in [0.29, 0.717) is 10.0 Å². The fourth-order valence-corrected chi connectivity index (χ4v) is 2.69. The molecule has 2 aromatic rings. The number of aliphatic hydroxyl groups is 1. The highest BCUT2D eigenvalue weighted by Gasteiger charge is 2.14. The third-order valence-corrected chi connectivity index (χ3v) is 4.02. The summed E-state index contributed by atoms with van der Waals surface area (Å²) in [6.45, 7) is 1.93. The first kappa shape index (κ1) is 14.7. The maximum atomic E-state index is 13.8. The van der Waals surface area contributed by atoms with Crippen molar-refractivity contribution in [3.8, 4) is 0 Å². The van der Waals surface area contributed by atoms with Crippen LogP contribution in [0.5, 0.6) is 0 Å². The number of rotatable bonds is 3. The Morgan fingerprint density at radius 2 is 1.74 bits per heavy atom. The molecule has 0 heterocycles. The molecule has 0 aliphatic rings. The molecule has 0 spiro atoms. The van der Waals surface area contributed by atoms with E-state index in [1.165, 1.54) is 6.07 Å². The highest BCUT2D eigenvalue weighted by atomic mass is 79.9. The Morgan fingerprint density at radius 3 is 2.42 bits per heavy atom. The van der Waals surface area contributed by atoms with Crippen LogP contribution in [0, 0.1) is 12.7 Å². The van der Waals surface area contributed by atoms with Gasteiger partial charge < -0.3 is 5.11 Å². The van der Waals surface area contributed by atoms with Crippen molar-refractivity contribution in [2.45, 2.75) is 19.4 Å². The highest BCUT2D eigenvalue weighted by Crippen LogP contribution is 2.26. The van der Waals surface area contributed by atoms with Crippen molar-refractivity contribution in [2.75, 3.05) is 0 Å². The lowest BCUT2D eigenvalue weighted by Gasteiger charge is -2.15. The number of aryl methyl sites for hydroxylation is 1. The predicted octanol–water partition coefficient (Wildman–Crippen LogP) is 4.94. The lowest BCUT2D eigenvalue weighted by Crippen LogP contribution is -2.05. The maximum absolute atomic E-state index is 13.8. The average molecular weight is 388 g/mol. The number of halogens is 3. The minimum Gasteiger partial charge on any atom is -0.388 e. The Labute approximate surface area is 128 Å². The van der Waals surface area contributed by atoms with Crippen molar-refractivity contribution in [2.24, 2.45) is 0 Å². The van der Waals surface area contributed by atoms with Crippen LogP contribution in [-0.4, -0.2) is 5.11 Å². The van der Waals surface area contributed by atoms with Crippen molar-refractivity contribution in [1.29, 1.82) is 0 Å². The number of benzene rings is 2. The largest absolute Gasteiger partial charge is 0.388 e. The highest BCUT2D eigenvalue weighted by molar-refractivity contribution is 9.10. The zero-order valence-electron chi connectivity index (χ0n) is 10.3. The first-order valence-corrected chi connectivity index (χ1v) is 7.44. The first-order chi connectivity index (χ1) is 8.97. The van der Waals surface area contributed by atoms with Gasteiger partial charge in [0.25, 0.3) is 0 Å². The Morgan fingerprint density at radius 1 is 1.11 bits per heavy atom. The molecular weight excluding hydrogens is 375 g/mol. The van der Waals surface area contributed by atoms with Crippen LogP contribution in [0.15, 0.2) is 45.3 Å². The van der Waals surface area contributed by atoms with Crippen molar-refractivity contribution in [3.05, 3.63) is 67.9 Å². The van der Waals surface area contributed by atoms with Crippen LogP contribution in [0.3, 0.4) is 0 Å². The number of hydrogen-bond acceptors (Lipinski definition) is 1. The van der Waals surface area contributed by atoms with E-state index in [2.05, 4.69) is 31.9 Å². The van der Waals surface area contributed by atoms with Gasteiger partial charge in [0.2, 0.25) is 0 Å². The van der Waals surface area contributed by atoms with Gasteiger partial charge in [0.15, 0.2) is 0 Å².